The summed E-state index contributed by atoms with van der Waals surface area (Å²) in [5.41, 5.74) is 0. The van der Waals surface area contributed by atoms with E-state index in [0.717, 1.165) is 25.7 Å². The van der Waals surface area contributed by atoms with Crippen LogP contribution in [0.15, 0.2) is 0 Å². The normalized spacial score (nSPS) is 23.5. The fraction of sp³-hybridized carbons (Fsp3) is 0.800. The number of thioether (sulfide) groups is 1. The predicted molar refractivity (Wildman–Crippen MR) is 84.4 cm³/mol. The molecule has 124 valence electrons. The van der Waals surface area contributed by atoms with Crippen molar-refractivity contribution in [1.82, 2.24) is 10.2 Å². The first-order valence-corrected chi connectivity index (χ1v) is 9.11. The molecule has 2 aliphatic rings. The van der Waals surface area contributed by atoms with E-state index in [-0.39, 0.29) is 17.7 Å². The minimum absolute atomic E-state index is 0.0416. The standard InChI is InChI=1S/C15H24N2O4S/c1-2-5-11(15(20)21)16-13(18)12-8-22-9-17(12)14(19)10-6-3-4-7-10/h10-12H,2-9H2,1H3,(H,16,18)(H,20,21). The number of carbonyl (C=O) groups is 3. The Morgan fingerprint density at radius 2 is 2.00 bits per heavy atom. The third kappa shape index (κ3) is 3.94. The van der Waals surface area contributed by atoms with Gasteiger partial charge in [-0.3, -0.25) is 9.59 Å². The van der Waals surface area contributed by atoms with Gasteiger partial charge in [0, 0.05) is 11.7 Å². The van der Waals surface area contributed by atoms with Crippen LogP contribution < -0.4 is 5.32 Å². The highest BCUT2D eigenvalue weighted by atomic mass is 32.2. The van der Waals surface area contributed by atoms with Crippen molar-refractivity contribution in [3.8, 4) is 0 Å². The van der Waals surface area contributed by atoms with E-state index in [1.807, 2.05) is 6.92 Å². The lowest BCUT2D eigenvalue weighted by molar-refractivity contribution is -0.144. The van der Waals surface area contributed by atoms with Gasteiger partial charge in [0.05, 0.1) is 5.88 Å². The molecule has 1 aliphatic carbocycles. The van der Waals surface area contributed by atoms with Gasteiger partial charge in [-0.1, -0.05) is 26.2 Å². The molecule has 1 heterocycles. The van der Waals surface area contributed by atoms with Gasteiger partial charge in [-0.15, -0.1) is 11.8 Å². The van der Waals surface area contributed by atoms with Crippen molar-refractivity contribution in [3.05, 3.63) is 0 Å². The Kier molecular flexibility index (Phi) is 6.11. The summed E-state index contributed by atoms with van der Waals surface area (Å²) in [5, 5.41) is 11.7. The van der Waals surface area contributed by atoms with Gasteiger partial charge in [0.15, 0.2) is 0 Å². The number of carbonyl (C=O) groups excluding carboxylic acids is 2. The maximum Gasteiger partial charge on any atom is 0.326 e. The highest BCUT2D eigenvalue weighted by Gasteiger charge is 2.39. The number of amides is 2. The molecule has 0 bridgehead atoms. The monoisotopic (exact) mass is 328 g/mol. The van der Waals surface area contributed by atoms with Gasteiger partial charge in [-0.25, -0.2) is 4.79 Å². The van der Waals surface area contributed by atoms with Crippen LogP contribution in [-0.4, -0.2) is 51.5 Å². The van der Waals surface area contributed by atoms with E-state index < -0.39 is 18.1 Å². The van der Waals surface area contributed by atoms with Crippen molar-refractivity contribution in [1.29, 1.82) is 0 Å². The molecule has 2 rings (SSSR count). The molecular weight excluding hydrogens is 304 g/mol. The first-order valence-electron chi connectivity index (χ1n) is 7.96. The molecule has 2 N–H and O–H groups in total. The summed E-state index contributed by atoms with van der Waals surface area (Å²) in [5.74, 6) is -0.182. The Morgan fingerprint density at radius 1 is 1.32 bits per heavy atom. The molecule has 0 spiro atoms. The Hall–Kier alpha value is -1.24. The third-order valence-electron chi connectivity index (χ3n) is 4.36. The van der Waals surface area contributed by atoms with Crippen LogP contribution in [0.25, 0.3) is 0 Å². The van der Waals surface area contributed by atoms with Crippen molar-refractivity contribution >= 4 is 29.5 Å². The Labute approximate surface area is 135 Å². The number of nitrogens with zero attached hydrogens (tertiary/aromatic N) is 1. The molecule has 22 heavy (non-hydrogen) atoms. The zero-order valence-electron chi connectivity index (χ0n) is 12.9. The van der Waals surface area contributed by atoms with Gasteiger partial charge in [-0.2, -0.15) is 0 Å². The minimum atomic E-state index is -1.02. The lowest BCUT2D eigenvalue weighted by Gasteiger charge is -2.26. The van der Waals surface area contributed by atoms with Crippen molar-refractivity contribution in [3.63, 3.8) is 0 Å². The summed E-state index contributed by atoms with van der Waals surface area (Å²) in [6.45, 7) is 1.88. The molecule has 2 atom stereocenters. The summed E-state index contributed by atoms with van der Waals surface area (Å²) in [6.07, 6.45) is 5.04. The average Bonchev–Trinajstić information content (AvgIpc) is 3.17. The van der Waals surface area contributed by atoms with Crippen LogP contribution in [0.1, 0.15) is 45.4 Å². The van der Waals surface area contributed by atoms with Gasteiger partial charge in [0.2, 0.25) is 11.8 Å². The Balaban J connectivity index is 1.98. The number of hydrogen-bond acceptors (Lipinski definition) is 4. The van der Waals surface area contributed by atoms with Crippen molar-refractivity contribution in [2.75, 3.05) is 11.6 Å². The van der Waals surface area contributed by atoms with Crippen molar-refractivity contribution in [2.24, 2.45) is 5.92 Å². The maximum absolute atomic E-state index is 12.5. The molecule has 7 heteroatoms. The molecule has 1 aliphatic heterocycles. The van der Waals surface area contributed by atoms with Crippen LogP contribution in [0.4, 0.5) is 0 Å². The van der Waals surface area contributed by atoms with Crippen molar-refractivity contribution < 1.29 is 19.5 Å². The number of hydrogen-bond donors (Lipinski definition) is 2. The minimum Gasteiger partial charge on any atom is -0.480 e. The Morgan fingerprint density at radius 3 is 2.59 bits per heavy atom. The predicted octanol–water partition coefficient (Wildman–Crippen LogP) is 1.45. The number of carboxylic acid groups (broad SMARTS) is 1. The van der Waals surface area contributed by atoms with Gasteiger partial charge in [0.1, 0.15) is 12.1 Å². The van der Waals surface area contributed by atoms with Crippen LogP contribution in [-0.2, 0) is 14.4 Å². The lowest BCUT2D eigenvalue weighted by Crippen LogP contribution is -2.52. The fourth-order valence-corrected chi connectivity index (χ4v) is 4.26. The number of nitrogens with one attached hydrogen (secondary N) is 1. The van der Waals surface area contributed by atoms with Crippen LogP contribution >= 0.6 is 11.8 Å². The second kappa shape index (κ2) is 7.85. The van der Waals surface area contributed by atoms with Crippen LogP contribution in [0, 0.1) is 5.92 Å². The van der Waals surface area contributed by atoms with E-state index in [2.05, 4.69) is 5.32 Å². The molecule has 1 saturated heterocycles. The average molecular weight is 328 g/mol. The maximum atomic E-state index is 12.5. The molecule has 0 aromatic rings. The van der Waals surface area contributed by atoms with Gasteiger partial charge in [0.25, 0.3) is 0 Å². The van der Waals surface area contributed by atoms with Crippen LogP contribution in [0.3, 0.4) is 0 Å². The number of carboxylic acids is 1. The van der Waals surface area contributed by atoms with E-state index in [1.54, 1.807) is 16.7 Å². The molecular formula is C15H24N2O4S. The molecule has 1 saturated carbocycles. The lowest BCUT2D eigenvalue weighted by atomic mass is 10.1. The van der Waals surface area contributed by atoms with Gasteiger partial charge in [-0.05, 0) is 19.3 Å². The summed E-state index contributed by atoms with van der Waals surface area (Å²) >= 11 is 1.55. The molecule has 2 unspecified atom stereocenters. The smallest absolute Gasteiger partial charge is 0.326 e. The fourth-order valence-electron chi connectivity index (χ4n) is 3.10. The largest absolute Gasteiger partial charge is 0.480 e. The summed E-state index contributed by atoms with van der Waals surface area (Å²) < 4.78 is 0. The van der Waals surface area contributed by atoms with Crippen LogP contribution in [0.2, 0.25) is 0 Å². The van der Waals surface area contributed by atoms with E-state index in [4.69, 9.17) is 5.11 Å². The second-order valence-corrected chi connectivity index (χ2v) is 6.99. The van der Waals surface area contributed by atoms with Crippen LogP contribution in [0.5, 0.6) is 0 Å². The molecule has 0 aromatic heterocycles. The molecule has 0 aromatic carbocycles. The SMILES string of the molecule is CCCC(NC(=O)C1CSCN1C(=O)C1CCCC1)C(=O)O. The van der Waals surface area contributed by atoms with E-state index in [0.29, 0.717) is 24.5 Å². The quantitative estimate of drug-likeness (QED) is 0.770. The third-order valence-corrected chi connectivity index (χ3v) is 5.38. The number of rotatable bonds is 6. The highest BCUT2D eigenvalue weighted by Crippen LogP contribution is 2.30. The molecule has 2 amide bonds. The first-order chi connectivity index (χ1) is 10.5. The van der Waals surface area contributed by atoms with Gasteiger partial charge >= 0.3 is 5.97 Å². The second-order valence-electron chi connectivity index (χ2n) is 5.99. The zero-order chi connectivity index (χ0) is 16.1. The summed E-state index contributed by atoms with van der Waals surface area (Å²) in [4.78, 5) is 37.7. The highest BCUT2D eigenvalue weighted by molar-refractivity contribution is 7.99. The van der Waals surface area contributed by atoms with Crippen molar-refractivity contribution in [2.45, 2.75) is 57.5 Å². The van der Waals surface area contributed by atoms with E-state index >= 15 is 0 Å². The zero-order valence-corrected chi connectivity index (χ0v) is 13.7. The molecule has 2 fully saturated rings. The van der Waals surface area contributed by atoms with Gasteiger partial charge < -0.3 is 15.3 Å². The summed E-state index contributed by atoms with van der Waals surface area (Å²) in [7, 11) is 0. The van der Waals surface area contributed by atoms with E-state index in [9.17, 15) is 14.4 Å². The number of aliphatic carboxylic acids is 1. The molecule has 0 radical (unpaired) electrons. The summed E-state index contributed by atoms with van der Waals surface area (Å²) in [6, 6.07) is -1.40. The first kappa shape index (κ1) is 17.1. The Bertz CT molecular complexity index is 437. The van der Waals surface area contributed by atoms with E-state index in [1.165, 1.54) is 0 Å². The molecule has 6 nitrogen and oxygen atoms in total. The topological polar surface area (TPSA) is 86.7 Å².